The number of nitrogens with one attached hydrogen (secondary N) is 2. The van der Waals surface area contributed by atoms with Gasteiger partial charge in [0.05, 0.1) is 0 Å². The monoisotopic (exact) mass is 522 g/mol. The number of pyridine rings is 1. The first-order chi connectivity index (χ1) is 14.3. The molecular weight excluding hydrogens is 487 g/mol. The Labute approximate surface area is 198 Å². The number of guanidine groups is 1. The minimum absolute atomic E-state index is 0. The molecule has 3 rings (SSSR count). The van der Waals surface area contributed by atoms with Gasteiger partial charge in [0.25, 0.3) is 0 Å². The van der Waals surface area contributed by atoms with Crippen molar-refractivity contribution >= 4 is 29.9 Å². The van der Waals surface area contributed by atoms with Crippen LogP contribution in [0.15, 0.2) is 59.7 Å². The molecule has 0 unspecified atom stereocenters. The molecule has 1 aromatic carbocycles. The maximum Gasteiger partial charge on any atom is 0.190 e. The highest BCUT2D eigenvalue weighted by Gasteiger charge is 2.16. The minimum atomic E-state index is 0. The summed E-state index contributed by atoms with van der Waals surface area (Å²) >= 11 is 0. The molecule has 0 aliphatic carbocycles. The van der Waals surface area contributed by atoms with Gasteiger partial charge in [-0.25, -0.2) is 0 Å². The van der Waals surface area contributed by atoms with Crippen molar-refractivity contribution in [3.05, 3.63) is 66.0 Å². The molecule has 2 heterocycles. The molecule has 1 aliphatic heterocycles. The fourth-order valence-electron chi connectivity index (χ4n) is 3.60. The van der Waals surface area contributed by atoms with E-state index in [0.717, 1.165) is 76.9 Å². The van der Waals surface area contributed by atoms with Gasteiger partial charge in [0.1, 0.15) is 0 Å². The van der Waals surface area contributed by atoms with E-state index in [-0.39, 0.29) is 24.0 Å². The van der Waals surface area contributed by atoms with Crippen molar-refractivity contribution in [2.45, 2.75) is 19.4 Å². The molecule has 0 spiro atoms. The molecule has 6 nitrogen and oxygen atoms in total. The first-order valence-electron chi connectivity index (χ1n) is 10.7. The van der Waals surface area contributed by atoms with Crippen molar-refractivity contribution < 1.29 is 0 Å². The van der Waals surface area contributed by atoms with E-state index in [1.165, 1.54) is 5.56 Å². The summed E-state index contributed by atoms with van der Waals surface area (Å²) in [6, 6.07) is 16.8. The third-order valence-electron chi connectivity index (χ3n) is 5.28. The van der Waals surface area contributed by atoms with Crippen LogP contribution in [0.25, 0.3) is 0 Å². The second-order valence-corrected chi connectivity index (χ2v) is 7.45. The van der Waals surface area contributed by atoms with Gasteiger partial charge in [0.15, 0.2) is 5.96 Å². The number of aromatic nitrogens is 1. The normalized spacial score (nSPS) is 15.4. The van der Waals surface area contributed by atoms with Gasteiger partial charge in [-0.2, -0.15) is 0 Å². The van der Waals surface area contributed by atoms with Crippen LogP contribution in [0.5, 0.6) is 0 Å². The lowest BCUT2D eigenvalue weighted by Crippen LogP contribution is -2.46. The molecule has 164 valence electrons. The van der Waals surface area contributed by atoms with E-state index in [2.05, 4.69) is 66.8 Å². The van der Waals surface area contributed by atoms with E-state index in [1.54, 1.807) is 0 Å². The predicted octanol–water partition coefficient (Wildman–Crippen LogP) is 2.62. The van der Waals surface area contributed by atoms with Crippen LogP contribution in [0, 0.1) is 0 Å². The number of benzene rings is 1. The van der Waals surface area contributed by atoms with Crippen LogP contribution in [-0.4, -0.2) is 73.6 Å². The molecule has 1 aliphatic rings. The summed E-state index contributed by atoms with van der Waals surface area (Å²) in [7, 11) is 1.82. The number of hydrogen-bond donors (Lipinski definition) is 2. The van der Waals surface area contributed by atoms with Crippen molar-refractivity contribution in [3.8, 4) is 0 Å². The number of rotatable bonds is 9. The quantitative estimate of drug-likeness (QED) is 0.230. The first-order valence-corrected chi connectivity index (χ1v) is 10.7. The number of piperazine rings is 1. The topological polar surface area (TPSA) is 55.8 Å². The first kappa shape index (κ1) is 24.6. The summed E-state index contributed by atoms with van der Waals surface area (Å²) < 4.78 is 0. The molecule has 2 N–H and O–H groups in total. The second kappa shape index (κ2) is 14.3. The average Bonchev–Trinajstić information content (AvgIpc) is 2.78. The molecule has 0 amide bonds. The van der Waals surface area contributed by atoms with Gasteiger partial charge in [-0.1, -0.05) is 36.4 Å². The van der Waals surface area contributed by atoms with E-state index < -0.39 is 0 Å². The number of aliphatic imine (C=N–C) groups is 1. The van der Waals surface area contributed by atoms with Gasteiger partial charge in [-0.15, -0.1) is 24.0 Å². The fourth-order valence-corrected chi connectivity index (χ4v) is 3.60. The third kappa shape index (κ3) is 8.97. The second-order valence-electron chi connectivity index (χ2n) is 7.45. The van der Waals surface area contributed by atoms with Crippen molar-refractivity contribution in [2.75, 3.05) is 52.9 Å². The van der Waals surface area contributed by atoms with E-state index in [1.807, 2.05) is 25.4 Å². The Bertz CT molecular complexity index is 717. The Morgan fingerprint density at radius 1 is 0.933 bits per heavy atom. The largest absolute Gasteiger partial charge is 0.356 e. The van der Waals surface area contributed by atoms with E-state index >= 15 is 0 Å². The summed E-state index contributed by atoms with van der Waals surface area (Å²) in [5.41, 5.74) is 2.51. The summed E-state index contributed by atoms with van der Waals surface area (Å²) in [5.74, 6) is 0.869. The number of hydrogen-bond acceptors (Lipinski definition) is 4. The molecule has 30 heavy (non-hydrogen) atoms. The van der Waals surface area contributed by atoms with Crippen molar-refractivity contribution in [1.82, 2.24) is 25.4 Å². The lowest BCUT2D eigenvalue weighted by Gasteiger charge is -2.34. The van der Waals surface area contributed by atoms with Gasteiger partial charge in [0.2, 0.25) is 0 Å². The lowest BCUT2D eigenvalue weighted by molar-refractivity contribution is 0.126. The van der Waals surface area contributed by atoms with E-state index in [9.17, 15) is 0 Å². The lowest BCUT2D eigenvalue weighted by atomic mass is 10.2. The van der Waals surface area contributed by atoms with Crippen molar-refractivity contribution in [2.24, 2.45) is 4.99 Å². The van der Waals surface area contributed by atoms with Crippen LogP contribution in [0.1, 0.15) is 17.7 Å². The van der Waals surface area contributed by atoms with Gasteiger partial charge < -0.3 is 15.5 Å². The number of halogens is 1. The molecular formula is C23H35IN6. The SMILES string of the molecule is CN=C(NCCCN1CCN(Cc2ccccc2)CC1)NCCc1ccccn1.I. The molecule has 0 saturated carbocycles. The Kier molecular flexibility index (Phi) is 11.7. The van der Waals surface area contributed by atoms with Crippen LogP contribution in [0.2, 0.25) is 0 Å². The van der Waals surface area contributed by atoms with Gasteiger partial charge >= 0.3 is 0 Å². The summed E-state index contributed by atoms with van der Waals surface area (Å²) in [4.78, 5) is 13.8. The zero-order valence-electron chi connectivity index (χ0n) is 18.0. The van der Waals surface area contributed by atoms with Crippen LogP contribution in [0.3, 0.4) is 0 Å². The highest BCUT2D eigenvalue weighted by molar-refractivity contribution is 14.0. The molecule has 2 aromatic rings. The van der Waals surface area contributed by atoms with Crippen molar-refractivity contribution in [1.29, 1.82) is 0 Å². The Morgan fingerprint density at radius 2 is 1.63 bits per heavy atom. The molecule has 0 radical (unpaired) electrons. The highest BCUT2D eigenvalue weighted by Crippen LogP contribution is 2.08. The zero-order valence-corrected chi connectivity index (χ0v) is 20.3. The summed E-state index contributed by atoms with van der Waals surface area (Å²) in [5, 5.41) is 6.78. The molecule has 7 heteroatoms. The van der Waals surface area contributed by atoms with E-state index in [4.69, 9.17) is 0 Å². The van der Waals surface area contributed by atoms with Gasteiger partial charge in [0, 0.05) is 71.2 Å². The smallest absolute Gasteiger partial charge is 0.190 e. The fraction of sp³-hybridized carbons (Fsp3) is 0.478. The highest BCUT2D eigenvalue weighted by atomic mass is 127. The zero-order chi connectivity index (χ0) is 20.2. The van der Waals surface area contributed by atoms with Gasteiger partial charge in [-0.05, 0) is 30.7 Å². The molecule has 0 bridgehead atoms. The Balaban J connectivity index is 0.00000320. The van der Waals surface area contributed by atoms with Crippen LogP contribution in [-0.2, 0) is 13.0 Å². The maximum absolute atomic E-state index is 4.35. The maximum atomic E-state index is 4.35. The summed E-state index contributed by atoms with van der Waals surface area (Å²) in [6.07, 6.45) is 3.86. The summed E-state index contributed by atoms with van der Waals surface area (Å²) in [6.45, 7) is 8.59. The van der Waals surface area contributed by atoms with E-state index in [0.29, 0.717) is 0 Å². The Hall–Kier alpha value is -1.71. The molecule has 0 atom stereocenters. The standard InChI is InChI=1S/C23H34N6.HI/c1-24-23(27-14-11-22-10-5-6-12-25-22)26-13-7-15-28-16-18-29(19-17-28)20-21-8-3-2-4-9-21;/h2-6,8-10,12H,7,11,13-20H2,1H3,(H2,24,26,27);1H. The Morgan fingerprint density at radius 3 is 2.33 bits per heavy atom. The average molecular weight is 522 g/mol. The molecule has 1 aromatic heterocycles. The van der Waals surface area contributed by atoms with Crippen molar-refractivity contribution in [3.63, 3.8) is 0 Å². The van der Waals surface area contributed by atoms with Gasteiger partial charge in [-0.3, -0.25) is 14.9 Å². The van der Waals surface area contributed by atoms with Crippen LogP contribution >= 0.6 is 24.0 Å². The number of nitrogens with zero attached hydrogens (tertiary/aromatic N) is 4. The molecule has 1 saturated heterocycles. The van der Waals surface area contributed by atoms with Crippen LogP contribution in [0.4, 0.5) is 0 Å². The molecule has 1 fully saturated rings. The minimum Gasteiger partial charge on any atom is -0.356 e. The third-order valence-corrected chi connectivity index (χ3v) is 5.28. The predicted molar refractivity (Wildman–Crippen MR) is 135 cm³/mol. The van der Waals surface area contributed by atoms with Crippen LogP contribution < -0.4 is 10.6 Å².